The second-order valence-electron chi connectivity index (χ2n) is 3.84. The first-order valence-corrected chi connectivity index (χ1v) is 7.70. The average Bonchev–Trinajstić information content (AvgIpc) is 2.67. The topological polar surface area (TPSA) is 38.9 Å². The molecule has 0 fully saturated rings. The maximum atomic E-state index is 5.85. The Morgan fingerprint density at radius 2 is 2.24 bits per heavy atom. The summed E-state index contributed by atoms with van der Waals surface area (Å²) in [7, 11) is 0. The Hall–Kier alpha value is -0.360. The van der Waals surface area contributed by atoms with E-state index in [1.165, 1.54) is 4.90 Å². The third kappa shape index (κ3) is 3.31. The number of rotatable bonds is 3. The number of thiazole rings is 1. The van der Waals surface area contributed by atoms with Crippen molar-refractivity contribution in [3.05, 3.63) is 39.3 Å². The Labute approximate surface area is 118 Å². The summed E-state index contributed by atoms with van der Waals surface area (Å²) >= 11 is 6.93. The Morgan fingerprint density at radius 1 is 1.47 bits per heavy atom. The van der Waals surface area contributed by atoms with Gasteiger partial charge in [0.2, 0.25) is 0 Å². The minimum absolute atomic E-state index is 0.0625. The van der Waals surface area contributed by atoms with Gasteiger partial charge in [0.15, 0.2) is 4.34 Å². The van der Waals surface area contributed by atoms with Crippen LogP contribution in [0.1, 0.15) is 24.2 Å². The first kappa shape index (κ1) is 13.1. The number of aryl methyl sites for hydroxylation is 1. The van der Waals surface area contributed by atoms with Gasteiger partial charge in [-0.2, -0.15) is 0 Å². The fourth-order valence-electron chi connectivity index (χ4n) is 1.36. The summed E-state index contributed by atoms with van der Waals surface area (Å²) in [4.78, 5) is 5.61. The largest absolute Gasteiger partial charge is 0.324 e. The maximum absolute atomic E-state index is 5.85. The molecule has 0 saturated carbocycles. The van der Waals surface area contributed by atoms with E-state index in [9.17, 15) is 0 Å². The third-order valence-electron chi connectivity index (χ3n) is 2.28. The predicted molar refractivity (Wildman–Crippen MR) is 77.7 cm³/mol. The number of benzene rings is 1. The highest BCUT2D eigenvalue weighted by molar-refractivity contribution is 9.10. The monoisotopic (exact) mass is 328 g/mol. The van der Waals surface area contributed by atoms with E-state index in [1.807, 2.05) is 13.8 Å². The fraction of sp³-hybridized carbons (Fsp3) is 0.250. The fourth-order valence-corrected chi connectivity index (χ4v) is 3.79. The molecular weight excluding hydrogens is 316 g/mol. The summed E-state index contributed by atoms with van der Waals surface area (Å²) in [5.41, 5.74) is 8.06. The highest BCUT2D eigenvalue weighted by Gasteiger charge is 2.08. The first-order chi connectivity index (χ1) is 8.06. The van der Waals surface area contributed by atoms with E-state index in [0.29, 0.717) is 0 Å². The summed E-state index contributed by atoms with van der Waals surface area (Å²) in [5, 5.41) is 2.06. The normalized spacial score (nSPS) is 12.7. The summed E-state index contributed by atoms with van der Waals surface area (Å²) in [6.45, 7) is 3.99. The van der Waals surface area contributed by atoms with Gasteiger partial charge in [-0.1, -0.05) is 17.8 Å². The standard InChI is InChI=1S/C12H13BrN2S2/c1-7-6-16-12(15-7)17-11-4-3-9(8(2)14)5-10(11)13/h3-6,8H,14H2,1-2H3/t8-/m1/s1. The lowest BCUT2D eigenvalue weighted by molar-refractivity contribution is 0.815. The van der Waals surface area contributed by atoms with E-state index >= 15 is 0 Å². The molecule has 0 unspecified atom stereocenters. The van der Waals surface area contributed by atoms with E-state index in [4.69, 9.17) is 5.73 Å². The molecule has 1 heterocycles. The minimum Gasteiger partial charge on any atom is -0.324 e. The Morgan fingerprint density at radius 3 is 2.76 bits per heavy atom. The number of nitrogens with zero attached hydrogens (tertiary/aromatic N) is 1. The molecule has 1 atom stereocenters. The second-order valence-corrected chi connectivity index (χ2v) is 6.84. The van der Waals surface area contributed by atoms with Gasteiger partial charge in [0.25, 0.3) is 0 Å². The molecule has 0 aliphatic carbocycles. The van der Waals surface area contributed by atoms with Gasteiger partial charge in [0.1, 0.15) is 0 Å². The quantitative estimate of drug-likeness (QED) is 0.908. The van der Waals surface area contributed by atoms with Crippen LogP contribution in [0.25, 0.3) is 0 Å². The zero-order valence-corrected chi connectivity index (χ0v) is 12.8. The number of hydrogen-bond acceptors (Lipinski definition) is 4. The van der Waals surface area contributed by atoms with Crippen LogP contribution in [-0.4, -0.2) is 4.98 Å². The minimum atomic E-state index is 0.0625. The highest BCUT2D eigenvalue weighted by Crippen LogP contribution is 2.36. The maximum Gasteiger partial charge on any atom is 0.154 e. The van der Waals surface area contributed by atoms with Crippen LogP contribution in [0, 0.1) is 6.92 Å². The molecule has 17 heavy (non-hydrogen) atoms. The number of nitrogens with two attached hydrogens (primary N) is 1. The van der Waals surface area contributed by atoms with Crippen LogP contribution in [-0.2, 0) is 0 Å². The molecule has 5 heteroatoms. The van der Waals surface area contributed by atoms with Gasteiger partial charge in [-0.15, -0.1) is 11.3 Å². The lowest BCUT2D eigenvalue weighted by atomic mass is 10.1. The molecule has 0 bridgehead atoms. The van der Waals surface area contributed by atoms with Crippen molar-refractivity contribution in [2.24, 2.45) is 5.73 Å². The van der Waals surface area contributed by atoms with E-state index in [1.54, 1.807) is 23.1 Å². The van der Waals surface area contributed by atoms with Crippen molar-refractivity contribution in [2.45, 2.75) is 29.1 Å². The molecule has 2 N–H and O–H groups in total. The van der Waals surface area contributed by atoms with Crippen molar-refractivity contribution in [2.75, 3.05) is 0 Å². The van der Waals surface area contributed by atoms with E-state index in [2.05, 4.69) is 44.5 Å². The van der Waals surface area contributed by atoms with Crippen LogP contribution in [0.5, 0.6) is 0 Å². The van der Waals surface area contributed by atoms with Gasteiger partial charge < -0.3 is 5.73 Å². The van der Waals surface area contributed by atoms with Gasteiger partial charge in [-0.05, 0) is 47.5 Å². The number of aromatic nitrogens is 1. The summed E-state index contributed by atoms with van der Waals surface area (Å²) < 4.78 is 2.14. The van der Waals surface area contributed by atoms with Crippen molar-refractivity contribution in [3.63, 3.8) is 0 Å². The summed E-state index contributed by atoms with van der Waals surface area (Å²) in [6.07, 6.45) is 0. The molecule has 0 amide bonds. The molecule has 0 aliphatic rings. The third-order valence-corrected chi connectivity index (χ3v) is 5.33. The van der Waals surface area contributed by atoms with Crippen LogP contribution in [0.3, 0.4) is 0 Å². The Bertz CT molecular complexity index is 523. The van der Waals surface area contributed by atoms with Gasteiger partial charge in [-0.25, -0.2) is 4.98 Å². The van der Waals surface area contributed by atoms with Crippen molar-refractivity contribution in [1.29, 1.82) is 0 Å². The van der Waals surface area contributed by atoms with Crippen LogP contribution in [0.4, 0.5) is 0 Å². The average molecular weight is 329 g/mol. The van der Waals surface area contributed by atoms with Crippen LogP contribution < -0.4 is 5.73 Å². The Kier molecular flexibility index (Phi) is 4.25. The molecular formula is C12H13BrN2S2. The molecule has 2 rings (SSSR count). The second kappa shape index (κ2) is 5.52. The molecule has 0 saturated heterocycles. The number of hydrogen-bond donors (Lipinski definition) is 1. The molecule has 0 aliphatic heterocycles. The smallest absolute Gasteiger partial charge is 0.154 e. The molecule has 1 aromatic carbocycles. The predicted octanol–water partition coefficient (Wildman–Crippen LogP) is 4.38. The summed E-state index contributed by atoms with van der Waals surface area (Å²) in [5.74, 6) is 0. The van der Waals surface area contributed by atoms with Gasteiger partial charge in [-0.3, -0.25) is 0 Å². The molecule has 0 spiro atoms. The molecule has 2 aromatic rings. The molecule has 2 nitrogen and oxygen atoms in total. The van der Waals surface area contributed by atoms with Crippen molar-refractivity contribution in [1.82, 2.24) is 4.98 Å². The SMILES string of the molecule is Cc1csc(Sc2ccc([C@@H](C)N)cc2Br)n1. The lowest BCUT2D eigenvalue weighted by Gasteiger charge is -2.08. The highest BCUT2D eigenvalue weighted by atomic mass is 79.9. The molecule has 1 aromatic heterocycles. The van der Waals surface area contributed by atoms with Crippen LogP contribution in [0.2, 0.25) is 0 Å². The van der Waals surface area contributed by atoms with Gasteiger partial charge in [0, 0.05) is 26.5 Å². The van der Waals surface area contributed by atoms with E-state index < -0.39 is 0 Å². The molecule has 90 valence electrons. The molecule has 0 radical (unpaired) electrons. The summed E-state index contributed by atoms with van der Waals surface area (Å²) in [6, 6.07) is 6.29. The van der Waals surface area contributed by atoms with Crippen molar-refractivity contribution < 1.29 is 0 Å². The van der Waals surface area contributed by atoms with Gasteiger partial charge in [0.05, 0.1) is 0 Å². The first-order valence-electron chi connectivity index (χ1n) is 5.21. The van der Waals surface area contributed by atoms with E-state index in [-0.39, 0.29) is 6.04 Å². The zero-order valence-electron chi connectivity index (χ0n) is 9.61. The van der Waals surface area contributed by atoms with Crippen LogP contribution in [0.15, 0.2) is 37.3 Å². The van der Waals surface area contributed by atoms with Gasteiger partial charge >= 0.3 is 0 Å². The van der Waals surface area contributed by atoms with Crippen LogP contribution >= 0.6 is 39.0 Å². The van der Waals surface area contributed by atoms with E-state index in [0.717, 1.165) is 20.1 Å². The van der Waals surface area contributed by atoms with Crippen molar-refractivity contribution >= 4 is 39.0 Å². The van der Waals surface area contributed by atoms with Crippen molar-refractivity contribution in [3.8, 4) is 0 Å². The number of halogens is 1. The zero-order chi connectivity index (χ0) is 12.4. The Balaban J connectivity index is 2.22. The lowest BCUT2D eigenvalue weighted by Crippen LogP contribution is -2.04.